The van der Waals surface area contributed by atoms with Crippen LogP contribution in [-0.4, -0.2) is 49.2 Å². The first-order valence-corrected chi connectivity index (χ1v) is 11.1. The summed E-state index contributed by atoms with van der Waals surface area (Å²) in [6.07, 6.45) is -2.16. The molecule has 35 heavy (non-hydrogen) atoms. The average molecular weight is 484 g/mol. The number of aryl methyl sites for hydroxylation is 1. The van der Waals surface area contributed by atoms with E-state index in [0.29, 0.717) is 18.8 Å². The Morgan fingerprint density at radius 1 is 1.09 bits per heavy atom. The van der Waals surface area contributed by atoms with Crippen molar-refractivity contribution in [3.05, 3.63) is 71.5 Å². The number of halogens is 3. The monoisotopic (exact) mass is 484 g/mol. The van der Waals surface area contributed by atoms with E-state index in [2.05, 4.69) is 30.5 Å². The van der Waals surface area contributed by atoms with Gasteiger partial charge in [0.15, 0.2) is 18.1 Å². The van der Waals surface area contributed by atoms with E-state index < -0.39 is 18.8 Å². The zero-order valence-electron chi connectivity index (χ0n) is 18.9. The predicted molar refractivity (Wildman–Crippen MR) is 121 cm³/mol. The number of aromatic amines is 1. The van der Waals surface area contributed by atoms with Crippen molar-refractivity contribution in [1.82, 2.24) is 30.4 Å². The largest absolute Gasteiger partial charge is 0.451 e. The maximum Gasteiger partial charge on any atom is 0.422 e. The van der Waals surface area contributed by atoms with Crippen LogP contribution in [0.1, 0.15) is 41.5 Å². The molecule has 0 radical (unpaired) electrons. The van der Waals surface area contributed by atoms with Gasteiger partial charge in [-0.25, -0.2) is 9.89 Å². The maximum atomic E-state index is 12.4. The van der Waals surface area contributed by atoms with Crippen LogP contribution in [0, 0.1) is 0 Å². The minimum absolute atomic E-state index is 0.133. The fourth-order valence-electron chi connectivity index (χ4n) is 3.65. The van der Waals surface area contributed by atoms with Crippen LogP contribution < -0.4 is 0 Å². The van der Waals surface area contributed by atoms with Crippen molar-refractivity contribution in [2.45, 2.75) is 38.9 Å². The van der Waals surface area contributed by atoms with Gasteiger partial charge in [-0.05, 0) is 46.0 Å². The molecule has 4 aromatic rings. The molecule has 4 rings (SSSR count). The van der Waals surface area contributed by atoms with Gasteiger partial charge in [0.05, 0.1) is 6.54 Å². The third-order valence-electron chi connectivity index (χ3n) is 5.35. The molecular formula is C24H23F3N6O2. The Kier molecular flexibility index (Phi) is 7.23. The highest BCUT2D eigenvalue weighted by molar-refractivity contribution is 5.87. The summed E-state index contributed by atoms with van der Waals surface area (Å²) in [7, 11) is 0. The van der Waals surface area contributed by atoms with Crippen LogP contribution in [-0.2, 0) is 17.7 Å². The Labute approximate surface area is 199 Å². The molecule has 0 amide bonds. The number of unbranched alkanes of at least 4 members (excludes halogenated alkanes) is 1. The average Bonchev–Trinajstić information content (AvgIpc) is 3.52. The van der Waals surface area contributed by atoms with Crippen molar-refractivity contribution in [3.63, 3.8) is 0 Å². The molecule has 0 saturated heterocycles. The van der Waals surface area contributed by atoms with Gasteiger partial charge >= 0.3 is 12.1 Å². The fourth-order valence-corrected chi connectivity index (χ4v) is 3.65. The van der Waals surface area contributed by atoms with Gasteiger partial charge in [0.2, 0.25) is 0 Å². The lowest BCUT2D eigenvalue weighted by atomic mass is 9.98. The van der Waals surface area contributed by atoms with Crippen LogP contribution in [0.3, 0.4) is 0 Å². The van der Waals surface area contributed by atoms with E-state index in [0.717, 1.165) is 40.8 Å². The highest BCUT2D eigenvalue weighted by atomic mass is 19.4. The van der Waals surface area contributed by atoms with E-state index in [-0.39, 0.29) is 5.69 Å². The summed E-state index contributed by atoms with van der Waals surface area (Å²) in [5.41, 5.74) is 4.33. The molecule has 0 fully saturated rings. The van der Waals surface area contributed by atoms with Gasteiger partial charge in [0, 0.05) is 11.3 Å². The summed E-state index contributed by atoms with van der Waals surface area (Å²) in [5, 5.41) is 18.3. The number of hydrogen-bond donors (Lipinski definition) is 1. The third kappa shape index (κ3) is 6.11. The number of alkyl halides is 3. The molecule has 182 valence electrons. The Hall–Kier alpha value is -4.02. The van der Waals surface area contributed by atoms with Crippen LogP contribution in [0.15, 0.2) is 54.6 Å². The lowest BCUT2D eigenvalue weighted by molar-refractivity contribution is -0.161. The Morgan fingerprint density at radius 3 is 2.49 bits per heavy atom. The molecule has 1 N–H and O–H groups in total. The van der Waals surface area contributed by atoms with Crippen molar-refractivity contribution >= 4 is 5.97 Å². The number of ether oxygens (including phenoxy) is 1. The smallest absolute Gasteiger partial charge is 0.422 e. The quantitative estimate of drug-likeness (QED) is 0.342. The number of nitrogens with one attached hydrogen (secondary N) is 1. The molecule has 0 spiro atoms. The number of carbonyl (C=O) groups excluding carboxylic acids is 1. The van der Waals surface area contributed by atoms with Gasteiger partial charge in [-0.3, -0.25) is 4.68 Å². The Bertz CT molecular complexity index is 1270. The molecule has 0 atom stereocenters. The van der Waals surface area contributed by atoms with Crippen LogP contribution in [0.4, 0.5) is 13.2 Å². The number of carbonyl (C=O) groups is 1. The van der Waals surface area contributed by atoms with E-state index in [1.54, 1.807) is 4.68 Å². The standard InChI is InChI=1S/C24H23F3N6O2/c1-2-3-6-18-13-21(23(34)35-15-24(25,26)27)30-33(18)14-16-9-11-17(12-10-16)19-7-4-5-8-20(19)22-28-31-32-29-22/h4-5,7-13H,2-3,6,14-15H2,1H3,(H,28,29,31,32). The molecule has 0 aliphatic rings. The van der Waals surface area contributed by atoms with Crippen molar-refractivity contribution in [2.75, 3.05) is 6.61 Å². The molecule has 8 nitrogen and oxygen atoms in total. The molecule has 0 aliphatic heterocycles. The highest BCUT2D eigenvalue weighted by Crippen LogP contribution is 2.30. The zero-order valence-corrected chi connectivity index (χ0v) is 18.9. The molecule has 0 unspecified atom stereocenters. The summed E-state index contributed by atoms with van der Waals surface area (Å²) in [6, 6.07) is 17.1. The molecule has 2 aromatic carbocycles. The molecule has 11 heteroatoms. The van der Waals surface area contributed by atoms with Crippen LogP contribution >= 0.6 is 0 Å². The number of H-pyrrole nitrogens is 1. The van der Waals surface area contributed by atoms with Gasteiger partial charge in [0.25, 0.3) is 0 Å². The van der Waals surface area contributed by atoms with Gasteiger partial charge in [0.1, 0.15) is 0 Å². The number of hydrogen-bond acceptors (Lipinski definition) is 6. The topological polar surface area (TPSA) is 98.6 Å². The predicted octanol–water partition coefficient (Wildman–Crippen LogP) is 4.84. The van der Waals surface area contributed by atoms with E-state index in [4.69, 9.17) is 0 Å². The van der Waals surface area contributed by atoms with Crippen molar-refractivity contribution in [2.24, 2.45) is 0 Å². The summed E-state index contributed by atoms with van der Waals surface area (Å²) in [4.78, 5) is 12.1. The van der Waals surface area contributed by atoms with E-state index in [9.17, 15) is 18.0 Å². The van der Waals surface area contributed by atoms with Crippen molar-refractivity contribution in [3.8, 4) is 22.5 Å². The maximum absolute atomic E-state index is 12.4. The molecule has 2 heterocycles. The van der Waals surface area contributed by atoms with Crippen LogP contribution in [0.5, 0.6) is 0 Å². The zero-order chi connectivity index (χ0) is 24.8. The van der Waals surface area contributed by atoms with Gasteiger partial charge < -0.3 is 4.74 Å². The van der Waals surface area contributed by atoms with E-state index in [1.807, 2.05) is 55.5 Å². The van der Waals surface area contributed by atoms with Gasteiger partial charge in [-0.1, -0.05) is 61.9 Å². The number of esters is 1. The first kappa shape index (κ1) is 24.1. The third-order valence-corrected chi connectivity index (χ3v) is 5.35. The SMILES string of the molecule is CCCCc1cc(C(=O)OCC(F)(F)F)nn1Cc1ccc(-c2ccccc2-c2nnn[nH]2)cc1. The van der Waals surface area contributed by atoms with Gasteiger partial charge in [-0.2, -0.15) is 18.3 Å². The second kappa shape index (κ2) is 10.5. The lowest BCUT2D eigenvalue weighted by Gasteiger charge is -2.10. The number of tetrazole rings is 1. The molecular weight excluding hydrogens is 461 g/mol. The minimum Gasteiger partial charge on any atom is -0.451 e. The first-order chi connectivity index (χ1) is 16.8. The summed E-state index contributed by atoms with van der Waals surface area (Å²) < 4.78 is 43.3. The number of rotatable bonds is 9. The summed E-state index contributed by atoms with van der Waals surface area (Å²) >= 11 is 0. The number of benzene rings is 2. The summed E-state index contributed by atoms with van der Waals surface area (Å²) in [5.74, 6) is -0.528. The second-order valence-electron chi connectivity index (χ2n) is 7.97. The normalized spacial score (nSPS) is 11.5. The Balaban J connectivity index is 1.54. The van der Waals surface area contributed by atoms with Gasteiger partial charge in [-0.15, -0.1) is 5.10 Å². The highest BCUT2D eigenvalue weighted by Gasteiger charge is 2.30. The van der Waals surface area contributed by atoms with E-state index >= 15 is 0 Å². The molecule has 2 aromatic heterocycles. The molecule has 0 bridgehead atoms. The van der Waals surface area contributed by atoms with Crippen molar-refractivity contribution in [1.29, 1.82) is 0 Å². The van der Waals surface area contributed by atoms with Crippen LogP contribution in [0.25, 0.3) is 22.5 Å². The van der Waals surface area contributed by atoms with Crippen LogP contribution in [0.2, 0.25) is 0 Å². The minimum atomic E-state index is -4.59. The fraction of sp³-hybridized carbons (Fsp3) is 0.292. The van der Waals surface area contributed by atoms with Crippen molar-refractivity contribution < 1.29 is 22.7 Å². The number of nitrogens with zero attached hydrogens (tertiary/aromatic N) is 5. The molecule has 0 saturated carbocycles. The van der Waals surface area contributed by atoms with E-state index in [1.165, 1.54) is 6.07 Å². The first-order valence-electron chi connectivity index (χ1n) is 11.1. The lowest BCUT2D eigenvalue weighted by Crippen LogP contribution is -2.20. The second-order valence-corrected chi connectivity index (χ2v) is 7.97. The summed E-state index contributed by atoms with van der Waals surface area (Å²) in [6.45, 7) is 0.750. The number of aromatic nitrogens is 6. The Morgan fingerprint density at radius 2 is 1.83 bits per heavy atom. The molecule has 0 aliphatic carbocycles.